The number of rotatable bonds is 4. The Morgan fingerprint density at radius 2 is 1.96 bits per heavy atom. The van der Waals surface area contributed by atoms with Gasteiger partial charge in [0.25, 0.3) is 5.56 Å². The third kappa shape index (κ3) is 3.22. The van der Waals surface area contributed by atoms with Crippen LogP contribution in [0.5, 0.6) is 0 Å². The monoisotopic (exact) mass is 327 g/mol. The van der Waals surface area contributed by atoms with E-state index in [0.29, 0.717) is 17.9 Å². The lowest BCUT2D eigenvalue weighted by Gasteiger charge is -2.19. The standard InChI is InChI=1S/C16H14ClN5O/c1-21(11-12-9-18-7-8-19-12)14-10-20-22(16(23)15(14)17)13-5-3-2-4-6-13/h2-10H,11H2,1H3. The summed E-state index contributed by atoms with van der Waals surface area (Å²) in [4.78, 5) is 22.5. The van der Waals surface area contributed by atoms with Gasteiger partial charge in [-0.2, -0.15) is 9.78 Å². The number of halogens is 1. The molecule has 3 rings (SSSR count). The van der Waals surface area contributed by atoms with Crippen molar-refractivity contribution in [3.63, 3.8) is 0 Å². The molecule has 0 saturated carbocycles. The van der Waals surface area contributed by atoms with Crippen molar-refractivity contribution in [3.05, 3.63) is 76.2 Å². The fraction of sp³-hybridized carbons (Fsp3) is 0.125. The molecule has 3 aromatic rings. The van der Waals surface area contributed by atoms with Crippen LogP contribution < -0.4 is 10.5 Å². The van der Waals surface area contributed by atoms with Crippen molar-refractivity contribution in [1.29, 1.82) is 0 Å². The summed E-state index contributed by atoms with van der Waals surface area (Å²) in [7, 11) is 1.82. The van der Waals surface area contributed by atoms with Crippen molar-refractivity contribution in [3.8, 4) is 5.69 Å². The Kier molecular flexibility index (Phi) is 4.34. The molecular weight excluding hydrogens is 314 g/mol. The molecule has 0 spiro atoms. The molecule has 116 valence electrons. The van der Waals surface area contributed by atoms with Crippen LogP contribution in [0.4, 0.5) is 5.69 Å². The second kappa shape index (κ2) is 6.58. The highest BCUT2D eigenvalue weighted by Crippen LogP contribution is 2.21. The molecule has 0 N–H and O–H groups in total. The van der Waals surface area contributed by atoms with Gasteiger partial charge in [-0.25, -0.2) is 0 Å². The molecule has 7 heteroatoms. The second-order valence-corrected chi connectivity index (χ2v) is 5.33. The number of aromatic nitrogens is 4. The number of hydrogen-bond donors (Lipinski definition) is 0. The summed E-state index contributed by atoms with van der Waals surface area (Å²) >= 11 is 6.26. The second-order valence-electron chi connectivity index (χ2n) is 4.95. The highest BCUT2D eigenvalue weighted by atomic mass is 35.5. The molecule has 0 aliphatic carbocycles. The molecule has 0 amide bonds. The van der Waals surface area contributed by atoms with E-state index in [0.717, 1.165) is 5.69 Å². The lowest BCUT2D eigenvalue weighted by Crippen LogP contribution is -2.26. The molecule has 1 aromatic carbocycles. The average molecular weight is 328 g/mol. The zero-order valence-electron chi connectivity index (χ0n) is 12.4. The number of anilines is 1. The Hall–Kier alpha value is -2.73. The Balaban J connectivity index is 1.93. The van der Waals surface area contributed by atoms with E-state index in [1.165, 1.54) is 4.68 Å². The van der Waals surface area contributed by atoms with Gasteiger partial charge < -0.3 is 4.90 Å². The summed E-state index contributed by atoms with van der Waals surface area (Å²) in [6.07, 6.45) is 6.48. The maximum atomic E-state index is 12.5. The fourth-order valence-corrected chi connectivity index (χ4v) is 2.46. The molecule has 23 heavy (non-hydrogen) atoms. The molecule has 2 heterocycles. The summed E-state index contributed by atoms with van der Waals surface area (Å²) < 4.78 is 1.28. The molecule has 0 aliphatic heterocycles. The first-order chi connectivity index (χ1) is 11.2. The minimum Gasteiger partial charge on any atom is -0.366 e. The van der Waals surface area contributed by atoms with E-state index in [1.54, 1.807) is 36.9 Å². The number of hydrogen-bond acceptors (Lipinski definition) is 5. The largest absolute Gasteiger partial charge is 0.366 e. The van der Waals surface area contributed by atoms with E-state index in [1.807, 2.05) is 30.1 Å². The normalized spacial score (nSPS) is 10.5. The summed E-state index contributed by atoms with van der Waals surface area (Å²) in [5.74, 6) is 0. The molecule has 0 aliphatic rings. The van der Waals surface area contributed by atoms with Crippen molar-refractivity contribution < 1.29 is 0 Å². The minimum atomic E-state index is -0.360. The van der Waals surface area contributed by atoms with Crippen molar-refractivity contribution in [1.82, 2.24) is 19.7 Å². The van der Waals surface area contributed by atoms with Crippen LogP contribution in [0.25, 0.3) is 5.69 Å². The van der Waals surface area contributed by atoms with Gasteiger partial charge in [0, 0.05) is 19.4 Å². The fourth-order valence-electron chi connectivity index (χ4n) is 2.18. The molecule has 0 bridgehead atoms. The zero-order valence-corrected chi connectivity index (χ0v) is 13.2. The summed E-state index contributed by atoms with van der Waals surface area (Å²) in [5, 5.41) is 4.33. The van der Waals surface area contributed by atoms with Crippen LogP contribution in [0.1, 0.15) is 5.69 Å². The molecule has 0 saturated heterocycles. The Morgan fingerprint density at radius 3 is 2.65 bits per heavy atom. The lowest BCUT2D eigenvalue weighted by atomic mass is 10.3. The quantitative estimate of drug-likeness (QED) is 0.736. The summed E-state index contributed by atoms with van der Waals surface area (Å²) in [6.45, 7) is 0.476. The molecule has 0 radical (unpaired) electrons. The highest BCUT2D eigenvalue weighted by molar-refractivity contribution is 6.33. The van der Waals surface area contributed by atoms with Gasteiger partial charge in [-0.3, -0.25) is 14.8 Å². The number of nitrogens with zero attached hydrogens (tertiary/aromatic N) is 5. The summed E-state index contributed by atoms with van der Waals surface area (Å²) in [6, 6.07) is 9.15. The number of benzene rings is 1. The van der Waals surface area contributed by atoms with E-state index >= 15 is 0 Å². The molecule has 0 fully saturated rings. The van der Waals surface area contributed by atoms with Crippen molar-refractivity contribution in [2.45, 2.75) is 6.54 Å². The first-order valence-electron chi connectivity index (χ1n) is 6.96. The average Bonchev–Trinajstić information content (AvgIpc) is 2.59. The predicted molar refractivity (Wildman–Crippen MR) is 89.0 cm³/mol. The molecule has 0 atom stereocenters. The Bertz CT molecular complexity index is 851. The van der Waals surface area contributed by atoms with Crippen molar-refractivity contribution in [2.24, 2.45) is 0 Å². The summed E-state index contributed by atoms with van der Waals surface area (Å²) in [5.41, 5.74) is 1.64. The van der Waals surface area contributed by atoms with Crippen LogP contribution in [0, 0.1) is 0 Å². The highest BCUT2D eigenvalue weighted by Gasteiger charge is 2.14. The first-order valence-corrected chi connectivity index (χ1v) is 7.34. The maximum Gasteiger partial charge on any atom is 0.292 e. The predicted octanol–water partition coefficient (Wildman–Crippen LogP) is 2.31. The van der Waals surface area contributed by atoms with Crippen LogP contribution >= 0.6 is 11.6 Å². The van der Waals surface area contributed by atoms with Crippen LogP contribution in [0.15, 0.2) is 59.9 Å². The van der Waals surface area contributed by atoms with Crippen molar-refractivity contribution in [2.75, 3.05) is 11.9 Å². The van der Waals surface area contributed by atoms with E-state index in [-0.39, 0.29) is 10.6 Å². The van der Waals surface area contributed by atoms with Gasteiger partial charge in [0.15, 0.2) is 0 Å². The third-order valence-electron chi connectivity index (χ3n) is 3.33. The molecule has 2 aromatic heterocycles. The van der Waals surface area contributed by atoms with E-state index in [2.05, 4.69) is 15.1 Å². The van der Waals surface area contributed by atoms with E-state index < -0.39 is 0 Å². The van der Waals surface area contributed by atoms with E-state index in [9.17, 15) is 4.79 Å². The van der Waals surface area contributed by atoms with Gasteiger partial charge in [0.1, 0.15) is 5.02 Å². The van der Waals surface area contributed by atoms with Gasteiger partial charge in [-0.15, -0.1) is 0 Å². The zero-order chi connectivity index (χ0) is 16.2. The Morgan fingerprint density at radius 1 is 1.17 bits per heavy atom. The SMILES string of the molecule is CN(Cc1cnccn1)c1cnn(-c2ccccc2)c(=O)c1Cl. The van der Waals surface area contributed by atoms with Crippen LogP contribution in [-0.4, -0.2) is 26.8 Å². The molecule has 6 nitrogen and oxygen atoms in total. The maximum absolute atomic E-state index is 12.5. The third-order valence-corrected chi connectivity index (χ3v) is 3.68. The van der Waals surface area contributed by atoms with Crippen LogP contribution in [0.2, 0.25) is 5.02 Å². The van der Waals surface area contributed by atoms with Gasteiger partial charge in [-0.05, 0) is 12.1 Å². The first kappa shape index (κ1) is 15.2. The molecule has 0 unspecified atom stereocenters. The Labute approximate surface area is 138 Å². The molecular formula is C16H14ClN5O. The van der Waals surface area contributed by atoms with Gasteiger partial charge in [-0.1, -0.05) is 29.8 Å². The van der Waals surface area contributed by atoms with Gasteiger partial charge >= 0.3 is 0 Å². The van der Waals surface area contributed by atoms with Gasteiger partial charge in [0.2, 0.25) is 0 Å². The smallest absolute Gasteiger partial charge is 0.292 e. The van der Waals surface area contributed by atoms with Gasteiger partial charge in [0.05, 0.1) is 36.0 Å². The van der Waals surface area contributed by atoms with E-state index in [4.69, 9.17) is 11.6 Å². The lowest BCUT2D eigenvalue weighted by molar-refractivity contribution is 0.790. The number of para-hydroxylation sites is 1. The van der Waals surface area contributed by atoms with Crippen LogP contribution in [0.3, 0.4) is 0 Å². The topological polar surface area (TPSA) is 63.9 Å². The van der Waals surface area contributed by atoms with Crippen LogP contribution in [-0.2, 0) is 6.54 Å². The minimum absolute atomic E-state index is 0.121. The van der Waals surface area contributed by atoms with Crippen molar-refractivity contribution >= 4 is 17.3 Å².